The van der Waals surface area contributed by atoms with Crippen LogP contribution in [-0.2, 0) is 4.79 Å². The third-order valence-electron chi connectivity index (χ3n) is 3.65. The molecule has 5 nitrogen and oxygen atoms in total. The lowest BCUT2D eigenvalue weighted by molar-refractivity contribution is -0.125. The van der Waals surface area contributed by atoms with E-state index < -0.39 is 6.04 Å². The molecule has 0 aliphatic rings. The van der Waals surface area contributed by atoms with Crippen LogP contribution in [0.15, 0.2) is 17.5 Å². The highest BCUT2D eigenvalue weighted by Crippen LogP contribution is 2.28. The van der Waals surface area contributed by atoms with Crippen molar-refractivity contribution in [2.24, 2.45) is 5.41 Å². The molecule has 0 aliphatic heterocycles. The molecule has 0 spiro atoms. The number of aromatic amines is 1. The van der Waals surface area contributed by atoms with E-state index in [0.29, 0.717) is 10.6 Å². The molecule has 0 fully saturated rings. The zero-order chi connectivity index (χ0) is 18.1. The van der Waals surface area contributed by atoms with Gasteiger partial charge in [0.2, 0.25) is 5.91 Å². The Hall–Kier alpha value is -1.47. The van der Waals surface area contributed by atoms with Gasteiger partial charge < -0.3 is 5.32 Å². The molecule has 1 amide bonds. The van der Waals surface area contributed by atoms with Gasteiger partial charge in [-0.2, -0.15) is 5.10 Å². The number of carbonyl (C=O) groups excluding carboxylic acids is 1. The lowest BCUT2D eigenvalue weighted by Gasteiger charge is -2.34. The Kier molecular flexibility index (Phi) is 5.34. The molecule has 7 heteroatoms. The first-order valence-corrected chi connectivity index (χ1v) is 9.32. The van der Waals surface area contributed by atoms with E-state index in [1.54, 1.807) is 15.9 Å². The van der Waals surface area contributed by atoms with Crippen LogP contribution in [0.5, 0.6) is 0 Å². The Morgan fingerprint density at radius 3 is 2.62 bits per heavy atom. The number of carbonyl (C=O) groups is 1. The van der Waals surface area contributed by atoms with Gasteiger partial charge in [-0.15, -0.1) is 11.3 Å². The van der Waals surface area contributed by atoms with Crippen LogP contribution in [0.1, 0.15) is 54.0 Å². The summed E-state index contributed by atoms with van der Waals surface area (Å²) in [7, 11) is 0. The van der Waals surface area contributed by atoms with Gasteiger partial charge in [0.15, 0.2) is 10.6 Å². The minimum Gasteiger partial charge on any atom is -0.349 e. The monoisotopic (exact) mass is 366 g/mol. The lowest BCUT2D eigenvalue weighted by Crippen LogP contribution is -2.48. The van der Waals surface area contributed by atoms with Crippen molar-refractivity contribution in [1.29, 1.82) is 0 Å². The van der Waals surface area contributed by atoms with E-state index in [-0.39, 0.29) is 16.9 Å². The Bertz CT molecular complexity index is 750. The molecule has 0 aromatic carbocycles. The summed E-state index contributed by atoms with van der Waals surface area (Å²) in [5.41, 5.74) is -0.160. The second kappa shape index (κ2) is 6.80. The smallest absolute Gasteiger partial charge is 0.243 e. The topological polar surface area (TPSA) is 62.7 Å². The molecule has 2 N–H and O–H groups in total. The van der Waals surface area contributed by atoms with Crippen LogP contribution >= 0.6 is 23.6 Å². The number of nitrogens with one attached hydrogen (secondary N) is 2. The molecule has 2 aromatic rings. The molecule has 0 radical (unpaired) electrons. The number of H-pyrrole nitrogens is 1. The summed E-state index contributed by atoms with van der Waals surface area (Å²) in [6, 6.07) is 3.49. The SMILES string of the molecule is CC(C(=O)NC(C)(C)CC(C)(C)C)n1c(-c2cccs2)n[nH]c1=S. The van der Waals surface area contributed by atoms with Crippen molar-refractivity contribution in [3.63, 3.8) is 0 Å². The second-order valence-corrected chi connectivity index (χ2v) is 9.32. The van der Waals surface area contributed by atoms with E-state index >= 15 is 0 Å². The van der Waals surface area contributed by atoms with Gasteiger partial charge in [0.05, 0.1) is 4.88 Å². The summed E-state index contributed by atoms with van der Waals surface area (Å²) in [6.45, 7) is 12.5. The number of hydrogen-bond donors (Lipinski definition) is 2. The van der Waals surface area contributed by atoms with E-state index in [4.69, 9.17) is 12.2 Å². The molecular formula is C17H26N4OS2. The van der Waals surface area contributed by atoms with Crippen molar-refractivity contribution in [3.8, 4) is 10.7 Å². The van der Waals surface area contributed by atoms with Gasteiger partial charge in [-0.3, -0.25) is 14.5 Å². The minimum absolute atomic E-state index is 0.0560. The van der Waals surface area contributed by atoms with Gasteiger partial charge in [0.1, 0.15) is 6.04 Å². The molecule has 1 unspecified atom stereocenters. The van der Waals surface area contributed by atoms with Crippen LogP contribution in [0.2, 0.25) is 0 Å². The molecule has 2 aromatic heterocycles. The van der Waals surface area contributed by atoms with Gasteiger partial charge in [-0.25, -0.2) is 0 Å². The number of rotatable bonds is 5. The van der Waals surface area contributed by atoms with Gasteiger partial charge in [0, 0.05) is 5.54 Å². The van der Waals surface area contributed by atoms with Crippen molar-refractivity contribution in [3.05, 3.63) is 22.3 Å². The van der Waals surface area contributed by atoms with Crippen molar-refractivity contribution in [1.82, 2.24) is 20.1 Å². The molecule has 2 heterocycles. The molecular weight excluding hydrogens is 340 g/mol. The zero-order valence-corrected chi connectivity index (χ0v) is 16.8. The van der Waals surface area contributed by atoms with Crippen molar-refractivity contribution >= 4 is 29.5 Å². The van der Waals surface area contributed by atoms with Gasteiger partial charge >= 0.3 is 0 Å². The summed E-state index contributed by atoms with van der Waals surface area (Å²) in [4.78, 5) is 13.8. The normalized spacial score (nSPS) is 13.8. The van der Waals surface area contributed by atoms with E-state index in [1.165, 1.54) is 0 Å². The van der Waals surface area contributed by atoms with E-state index in [1.807, 2.05) is 24.4 Å². The Balaban J connectivity index is 2.23. The maximum atomic E-state index is 12.8. The van der Waals surface area contributed by atoms with Crippen molar-refractivity contribution < 1.29 is 4.79 Å². The van der Waals surface area contributed by atoms with Gasteiger partial charge in [0.25, 0.3) is 0 Å². The number of thiophene rings is 1. The molecule has 24 heavy (non-hydrogen) atoms. The molecule has 1 atom stereocenters. The standard InChI is InChI=1S/C17H26N4OS2/c1-11(14(22)18-17(5,6)10-16(2,3)4)21-13(19-20-15(21)23)12-8-7-9-24-12/h7-9,11H,10H2,1-6H3,(H,18,22)(H,20,23). The first-order chi connectivity index (χ1) is 11.0. The highest BCUT2D eigenvalue weighted by atomic mass is 32.1. The predicted molar refractivity (Wildman–Crippen MR) is 102 cm³/mol. The Morgan fingerprint density at radius 2 is 2.08 bits per heavy atom. The Morgan fingerprint density at radius 1 is 1.42 bits per heavy atom. The van der Waals surface area contributed by atoms with Crippen molar-refractivity contribution in [2.75, 3.05) is 0 Å². The average molecular weight is 367 g/mol. The first-order valence-electron chi connectivity index (χ1n) is 8.03. The van der Waals surface area contributed by atoms with Crippen molar-refractivity contribution in [2.45, 2.75) is 59.5 Å². The number of nitrogens with zero attached hydrogens (tertiary/aromatic N) is 2. The van der Waals surface area contributed by atoms with Crippen LogP contribution in [0.4, 0.5) is 0 Å². The number of hydrogen-bond acceptors (Lipinski definition) is 4. The molecule has 132 valence electrons. The maximum absolute atomic E-state index is 12.8. The largest absolute Gasteiger partial charge is 0.349 e. The highest BCUT2D eigenvalue weighted by molar-refractivity contribution is 7.71. The fraction of sp³-hybridized carbons (Fsp3) is 0.588. The highest BCUT2D eigenvalue weighted by Gasteiger charge is 2.30. The summed E-state index contributed by atoms with van der Waals surface area (Å²) in [5, 5.41) is 12.2. The second-order valence-electron chi connectivity index (χ2n) is 7.99. The summed E-state index contributed by atoms with van der Waals surface area (Å²) >= 11 is 6.91. The zero-order valence-electron chi connectivity index (χ0n) is 15.1. The average Bonchev–Trinajstić information content (AvgIpc) is 3.02. The first kappa shape index (κ1) is 18.9. The molecule has 0 saturated carbocycles. The van der Waals surface area contributed by atoms with E-state index in [2.05, 4.69) is 50.1 Å². The molecule has 0 saturated heterocycles. The van der Waals surface area contributed by atoms with E-state index in [9.17, 15) is 4.79 Å². The summed E-state index contributed by atoms with van der Waals surface area (Å²) in [5.74, 6) is 0.644. The lowest BCUT2D eigenvalue weighted by atomic mass is 9.81. The maximum Gasteiger partial charge on any atom is 0.243 e. The molecule has 2 rings (SSSR count). The Labute approximate surface area is 152 Å². The van der Waals surface area contributed by atoms with Crippen LogP contribution < -0.4 is 5.32 Å². The summed E-state index contributed by atoms with van der Waals surface area (Å²) < 4.78 is 2.23. The quantitative estimate of drug-likeness (QED) is 0.763. The van der Waals surface area contributed by atoms with Crippen LogP contribution in [-0.4, -0.2) is 26.2 Å². The number of amides is 1. The van der Waals surface area contributed by atoms with Gasteiger partial charge in [-0.05, 0) is 56.3 Å². The predicted octanol–water partition coefficient (Wildman–Crippen LogP) is 4.56. The molecule has 0 aliphatic carbocycles. The minimum atomic E-state index is -0.437. The van der Waals surface area contributed by atoms with Crippen LogP contribution in [0, 0.1) is 10.2 Å². The molecule has 0 bridgehead atoms. The van der Waals surface area contributed by atoms with E-state index in [0.717, 1.165) is 11.3 Å². The third-order valence-corrected chi connectivity index (χ3v) is 4.80. The number of aromatic nitrogens is 3. The van der Waals surface area contributed by atoms with Crippen LogP contribution in [0.25, 0.3) is 10.7 Å². The van der Waals surface area contributed by atoms with Crippen LogP contribution in [0.3, 0.4) is 0 Å². The fourth-order valence-corrected chi connectivity index (χ4v) is 4.17. The third kappa shape index (κ3) is 4.54. The summed E-state index contributed by atoms with van der Waals surface area (Å²) in [6.07, 6.45) is 0.882. The van der Waals surface area contributed by atoms with Gasteiger partial charge in [-0.1, -0.05) is 26.8 Å². The fourth-order valence-electron chi connectivity index (χ4n) is 3.17.